The molecule has 0 spiro atoms. The lowest BCUT2D eigenvalue weighted by atomic mass is 10.2. The van der Waals surface area contributed by atoms with Gasteiger partial charge in [0.2, 0.25) is 0 Å². The van der Waals surface area contributed by atoms with Crippen LogP contribution in [0.15, 0.2) is 24.3 Å². The van der Waals surface area contributed by atoms with Gasteiger partial charge in [-0.25, -0.2) is 0 Å². The van der Waals surface area contributed by atoms with Crippen molar-refractivity contribution in [1.29, 1.82) is 0 Å². The second-order valence-electron chi connectivity index (χ2n) is 5.12. The minimum absolute atomic E-state index is 0.506. The summed E-state index contributed by atoms with van der Waals surface area (Å²) in [5.74, 6) is 0.714. The molecule has 0 aromatic heterocycles. The van der Waals surface area contributed by atoms with Crippen molar-refractivity contribution in [1.82, 2.24) is 8.61 Å². The highest BCUT2D eigenvalue weighted by molar-refractivity contribution is 7.86. The Morgan fingerprint density at radius 2 is 1.64 bits per heavy atom. The number of anilines is 1. The zero-order chi connectivity index (χ0) is 16.2. The predicted molar refractivity (Wildman–Crippen MR) is 88.1 cm³/mol. The summed E-state index contributed by atoms with van der Waals surface area (Å²) in [4.78, 5) is 2.18. The van der Waals surface area contributed by atoms with Crippen LogP contribution in [-0.2, 0) is 10.2 Å². The molecular formula is C15H24N3O3S. The van der Waals surface area contributed by atoms with E-state index in [4.69, 9.17) is 4.74 Å². The third-order valence-electron chi connectivity index (χ3n) is 3.97. The van der Waals surface area contributed by atoms with E-state index < -0.39 is 10.2 Å². The molecule has 1 aromatic carbocycles. The van der Waals surface area contributed by atoms with Gasteiger partial charge in [0.1, 0.15) is 12.9 Å². The van der Waals surface area contributed by atoms with Crippen LogP contribution in [0.4, 0.5) is 5.69 Å². The summed E-state index contributed by atoms with van der Waals surface area (Å²) in [5.41, 5.74) is 1.07. The highest BCUT2D eigenvalue weighted by Crippen LogP contribution is 2.21. The minimum atomic E-state index is -3.33. The van der Waals surface area contributed by atoms with Crippen molar-refractivity contribution in [3.05, 3.63) is 31.4 Å². The van der Waals surface area contributed by atoms with E-state index in [-0.39, 0.29) is 0 Å². The Morgan fingerprint density at radius 3 is 2.09 bits per heavy atom. The van der Waals surface area contributed by atoms with Gasteiger partial charge in [-0.05, 0) is 24.3 Å². The van der Waals surface area contributed by atoms with E-state index in [1.807, 2.05) is 38.1 Å². The Bertz CT molecular complexity index is 562. The van der Waals surface area contributed by atoms with E-state index in [0.29, 0.717) is 45.0 Å². The first-order valence-corrected chi connectivity index (χ1v) is 8.94. The van der Waals surface area contributed by atoms with Crippen molar-refractivity contribution in [3.8, 4) is 5.75 Å². The van der Waals surface area contributed by atoms with E-state index in [2.05, 4.69) is 12.0 Å². The van der Waals surface area contributed by atoms with Gasteiger partial charge in [0.25, 0.3) is 10.2 Å². The summed E-state index contributed by atoms with van der Waals surface area (Å²) in [6.07, 6.45) is 0. The van der Waals surface area contributed by atoms with E-state index >= 15 is 0 Å². The molecule has 1 fully saturated rings. The van der Waals surface area contributed by atoms with Crippen molar-refractivity contribution >= 4 is 15.9 Å². The molecule has 1 radical (unpaired) electrons. The minimum Gasteiger partial charge on any atom is -0.490 e. The van der Waals surface area contributed by atoms with Crippen molar-refractivity contribution in [2.24, 2.45) is 0 Å². The Balaban J connectivity index is 2.00. The summed E-state index contributed by atoms with van der Waals surface area (Å²) in [7, 11) is 0.0473. The zero-order valence-corrected chi connectivity index (χ0v) is 14.1. The Hall–Kier alpha value is -1.31. The molecular weight excluding hydrogens is 302 g/mol. The molecule has 123 valence electrons. The highest BCUT2D eigenvalue weighted by Gasteiger charge is 2.30. The molecule has 2 rings (SSSR count). The fraction of sp³-hybridized carbons (Fsp3) is 0.533. The molecule has 1 aliphatic rings. The average Bonchev–Trinajstić information content (AvgIpc) is 2.56. The van der Waals surface area contributed by atoms with Gasteiger partial charge < -0.3 is 9.64 Å². The summed E-state index contributed by atoms with van der Waals surface area (Å²) in [5, 5.41) is 0. The van der Waals surface area contributed by atoms with E-state index in [1.165, 1.54) is 4.31 Å². The molecule has 0 amide bonds. The van der Waals surface area contributed by atoms with Crippen molar-refractivity contribution < 1.29 is 13.2 Å². The first-order chi connectivity index (χ1) is 10.5. The monoisotopic (exact) mass is 326 g/mol. The van der Waals surface area contributed by atoms with Crippen molar-refractivity contribution in [2.75, 3.05) is 44.2 Å². The third-order valence-corrected chi connectivity index (χ3v) is 6.15. The first-order valence-electron chi connectivity index (χ1n) is 7.55. The van der Waals surface area contributed by atoms with Crippen molar-refractivity contribution in [3.63, 3.8) is 0 Å². The predicted octanol–water partition coefficient (Wildman–Crippen LogP) is 1.57. The number of nitrogens with zero attached hydrogens (tertiary/aromatic N) is 3. The highest BCUT2D eigenvalue weighted by atomic mass is 32.2. The molecule has 1 aliphatic heterocycles. The van der Waals surface area contributed by atoms with E-state index in [1.54, 1.807) is 4.31 Å². The summed E-state index contributed by atoms with van der Waals surface area (Å²) >= 11 is 0. The average molecular weight is 326 g/mol. The standard InChI is InChI=1S/C15H24N3O3S/c1-4-17(5-2)22(19,20)18-12-10-16(11-13-18)14-6-8-15(21-3)9-7-14/h6-9H,3-5,10-13H2,1-2H3. The molecule has 0 N–H and O–H groups in total. The molecule has 7 heteroatoms. The van der Waals surface area contributed by atoms with Crippen LogP contribution in [0, 0.1) is 7.11 Å². The third kappa shape index (κ3) is 3.53. The molecule has 22 heavy (non-hydrogen) atoms. The second-order valence-corrected chi connectivity index (χ2v) is 7.04. The van der Waals surface area contributed by atoms with Gasteiger partial charge in [-0.3, -0.25) is 0 Å². The fourth-order valence-corrected chi connectivity index (χ4v) is 4.25. The van der Waals surface area contributed by atoms with Crippen LogP contribution in [0.1, 0.15) is 13.8 Å². The van der Waals surface area contributed by atoms with Crippen LogP contribution in [0.5, 0.6) is 5.75 Å². The molecule has 0 unspecified atom stereocenters. The lowest BCUT2D eigenvalue weighted by Gasteiger charge is -2.37. The smallest absolute Gasteiger partial charge is 0.282 e. The largest absolute Gasteiger partial charge is 0.490 e. The van der Waals surface area contributed by atoms with Gasteiger partial charge in [-0.15, -0.1) is 0 Å². The first kappa shape index (κ1) is 17.1. The SMILES string of the molecule is [CH2]Oc1ccc(N2CCN(S(=O)(=O)N(CC)CC)CC2)cc1. The van der Waals surface area contributed by atoms with Gasteiger partial charge >= 0.3 is 0 Å². The number of rotatable bonds is 6. The summed E-state index contributed by atoms with van der Waals surface area (Å²) < 4.78 is 33.0. The van der Waals surface area contributed by atoms with Crippen LogP contribution < -0.4 is 9.64 Å². The Kier molecular flexibility index (Phi) is 5.66. The van der Waals surface area contributed by atoms with Gasteiger partial charge in [0.15, 0.2) is 0 Å². The maximum Gasteiger partial charge on any atom is 0.282 e. The topological polar surface area (TPSA) is 53.1 Å². The molecule has 0 aliphatic carbocycles. The second kappa shape index (κ2) is 7.30. The van der Waals surface area contributed by atoms with Crippen LogP contribution >= 0.6 is 0 Å². The number of hydrogen-bond acceptors (Lipinski definition) is 4. The van der Waals surface area contributed by atoms with Crippen LogP contribution in [0.25, 0.3) is 0 Å². The van der Waals surface area contributed by atoms with E-state index in [9.17, 15) is 8.42 Å². The molecule has 0 saturated carbocycles. The van der Waals surface area contributed by atoms with Crippen molar-refractivity contribution in [2.45, 2.75) is 13.8 Å². The van der Waals surface area contributed by atoms with Crippen LogP contribution in [-0.4, -0.2) is 56.3 Å². The fourth-order valence-electron chi connectivity index (χ4n) is 2.64. The molecule has 1 heterocycles. The van der Waals surface area contributed by atoms with Gasteiger partial charge in [-0.2, -0.15) is 17.0 Å². The maximum atomic E-state index is 12.5. The number of piperazine rings is 1. The molecule has 1 aromatic rings. The van der Waals surface area contributed by atoms with Gasteiger partial charge in [0, 0.05) is 45.0 Å². The summed E-state index contributed by atoms with van der Waals surface area (Å²) in [6.45, 7) is 7.12. The zero-order valence-electron chi connectivity index (χ0n) is 13.2. The number of benzene rings is 1. The lowest BCUT2D eigenvalue weighted by Crippen LogP contribution is -2.53. The maximum absolute atomic E-state index is 12.5. The lowest BCUT2D eigenvalue weighted by molar-refractivity contribution is 0.334. The molecule has 6 nitrogen and oxygen atoms in total. The normalized spacial score (nSPS) is 17.0. The quantitative estimate of drug-likeness (QED) is 0.796. The van der Waals surface area contributed by atoms with Crippen LogP contribution in [0.3, 0.4) is 0 Å². The van der Waals surface area contributed by atoms with Crippen LogP contribution in [0.2, 0.25) is 0 Å². The number of hydrogen-bond donors (Lipinski definition) is 0. The van der Waals surface area contributed by atoms with Gasteiger partial charge in [0.05, 0.1) is 0 Å². The Morgan fingerprint density at radius 1 is 1.09 bits per heavy atom. The van der Waals surface area contributed by atoms with E-state index in [0.717, 1.165) is 5.69 Å². The summed E-state index contributed by atoms with van der Waals surface area (Å²) in [6, 6.07) is 7.66. The van der Waals surface area contributed by atoms with Gasteiger partial charge in [-0.1, -0.05) is 13.8 Å². The number of ether oxygens (including phenoxy) is 1. The molecule has 0 atom stereocenters. The molecule has 0 bridgehead atoms. The molecule has 1 saturated heterocycles. The Labute approximate surface area is 133 Å².